The lowest BCUT2D eigenvalue weighted by atomic mass is 10.2. The highest BCUT2D eigenvalue weighted by Gasteiger charge is 2.06. The molecule has 0 aliphatic carbocycles. The van der Waals surface area contributed by atoms with Crippen molar-refractivity contribution in [2.24, 2.45) is 0 Å². The van der Waals surface area contributed by atoms with E-state index in [0.717, 1.165) is 5.69 Å². The maximum Gasteiger partial charge on any atom is 0.0945 e. The largest absolute Gasteiger partial charge is 0.394 e. The number of nitrogens with zero attached hydrogens (tertiary/aromatic N) is 1. The molecule has 1 aromatic carbocycles. The summed E-state index contributed by atoms with van der Waals surface area (Å²) in [5.41, 5.74) is 1.04. The van der Waals surface area contributed by atoms with Crippen molar-refractivity contribution in [3.63, 3.8) is 0 Å². The molecule has 0 fully saturated rings. The molecule has 0 aliphatic heterocycles. The number of likely N-dealkylation sites (N-methyl/N-ethyl adjacent to an activating group) is 1. The van der Waals surface area contributed by atoms with Crippen LogP contribution in [0.1, 0.15) is 0 Å². The SMILES string of the molecule is CN(CC(O)CO)c1ccccc1. The van der Waals surface area contributed by atoms with E-state index in [1.54, 1.807) is 0 Å². The van der Waals surface area contributed by atoms with Gasteiger partial charge in [-0.05, 0) is 12.1 Å². The Bertz CT molecular complexity index is 238. The van der Waals surface area contributed by atoms with Crippen molar-refractivity contribution in [2.75, 3.05) is 25.1 Å². The maximum absolute atomic E-state index is 9.20. The predicted molar refractivity (Wildman–Crippen MR) is 52.8 cm³/mol. The summed E-state index contributed by atoms with van der Waals surface area (Å²) in [5, 5.41) is 17.9. The minimum atomic E-state index is -0.676. The highest BCUT2D eigenvalue weighted by molar-refractivity contribution is 5.45. The molecule has 1 aromatic rings. The molecule has 0 saturated heterocycles. The van der Waals surface area contributed by atoms with Crippen LogP contribution >= 0.6 is 0 Å². The quantitative estimate of drug-likeness (QED) is 0.710. The Labute approximate surface area is 78.2 Å². The molecule has 0 radical (unpaired) electrons. The molecule has 13 heavy (non-hydrogen) atoms. The summed E-state index contributed by atoms with van der Waals surface area (Å²) in [6.07, 6.45) is -0.676. The molecular weight excluding hydrogens is 166 g/mol. The lowest BCUT2D eigenvalue weighted by Crippen LogP contribution is -2.31. The van der Waals surface area contributed by atoms with Crippen molar-refractivity contribution in [1.82, 2.24) is 0 Å². The van der Waals surface area contributed by atoms with Gasteiger partial charge in [-0.25, -0.2) is 0 Å². The Balaban J connectivity index is 2.53. The van der Waals surface area contributed by atoms with Crippen molar-refractivity contribution < 1.29 is 10.2 Å². The van der Waals surface area contributed by atoms with Gasteiger partial charge in [0.2, 0.25) is 0 Å². The molecular formula is C10H15NO2. The predicted octanol–water partition coefficient (Wildman–Crippen LogP) is 0.476. The summed E-state index contributed by atoms with van der Waals surface area (Å²) in [6.45, 7) is 0.248. The smallest absolute Gasteiger partial charge is 0.0945 e. The van der Waals surface area contributed by atoms with Crippen LogP contribution in [0.4, 0.5) is 5.69 Å². The molecule has 0 aromatic heterocycles. The van der Waals surface area contributed by atoms with Crippen LogP contribution in [0.3, 0.4) is 0 Å². The van der Waals surface area contributed by atoms with Gasteiger partial charge in [-0.3, -0.25) is 0 Å². The zero-order valence-corrected chi connectivity index (χ0v) is 7.72. The van der Waals surface area contributed by atoms with Crippen LogP contribution in [0.25, 0.3) is 0 Å². The van der Waals surface area contributed by atoms with Gasteiger partial charge in [-0.2, -0.15) is 0 Å². The molecule has 0 spiro atoms. The normalized spacial score (nSPS) is 12.5. The molecule has 1 unspecified atom stereocenters. The van der Waals surface area contributed by atoms with E-state index in [2.05, 4.69) is 0 Å². The van der Waals surface area contributed by atoms with Crippen molar-refractivity contribution in [3.05, 3.63) is 30.3 Å². The number of hydrogen-bond donors (Lipinski definition) is 2. The highest BCUT2D eigenvalue weighted by Crippen LogP contribution is 2.10. The summed E-state index contributed by atoms with van der Waals surface area (Å²) in [4.78, 5) is 1.90. The second-order valence-electron chi connectivity index (χ2n) is 3.05. The number of hydrogen-bond acceptors (Lipinski definition) is 3. The lowest BCUT2D eigenvalue weighted by Gasteiger charge is -2.21. The fourth-order valence-corrected chi connectivity index (χ4v) is 1.16. The van der Waals surface area contributed by atoms with Gasteiger partial charge in [0.05, 0.1) is 12.7 Å². The molecule has 2 N–H and O–H groups in total. The number of benzene rings is 1. The van der Waals surface area contributed by atoms with Crippen LogP contribution in [-0.2, 0) is 0 Å². The summed E-state index contributed by atoms with van der Waals surface area (Å²) < 4.78 is 0. The fourth-order valence-electron chi connectivity index (χ4n) is 1.16. The third kappa shape index (κ3) is 3.05. The Morgan fingerprint density at radius 3 is 2.46 bits per heavy atom. The number of para-hydroxylation sites is 1. The van der Waals surface area contributed by atoms with Crippen LogP contribution in [0.5, 0.6) is 0 Å². The van der Waals surface area contributed by atoms with Gasteiger partial charge in [0.15, 0.2) is 0 Å². The van der Waals surface area contributed by atoms with Gasteiger partial charge in [0.25, 0.3) is 0 Å². The van der Waals surface area contributed by atoms with Crippen LogP contribution in [0.2, 0.25) is 0 Å². The van der Waals surface area contributed by atoms with E-state index in [-0.39, 0.29) is 6.61 Å². The van der Waals surface area contributed by atoms with E-state index in [9.17, 15) is 5.11 Å². The standard InChI is InChI=1S/C10H15NO2/c1-11(7-10(13)8-12)9-5-3-2-4-6-9/h2-6,10,12-13H,7-8H2,1H3. The van der Waals surface area contributed by atoms with Crippen LogP contribution in [0.15, 0.2) is 30.3 Å². The summed E-state index contributed by atoms with van der Waals surface area (Å²) in [6, 6.07) is 9.75. The lowest BCUT2D eigenvalue weighted by molar-refractivity contribution is 0.101. The van der Waals surface area contributed by atoms with Crippen LogP contribution < -0.4 is 4.90 Å². The Kier molecular flexibility index (Phi) is 3.73. The summed E-state index contributed by atoms with van der Waals surface area (Å²) in [7, 11) is 1.88. The highest BCUT2D eigenvalue weighted by atomic mass is 16.3. The first-order chi connectivity index (χ1) is 6.24. The topological polar surface area (TPSA) is 43.7 Å². The Morgan fingerprint density at radius 1 is 1.31 bits per heavy atom. The van der Waals surface area contributed by atoms with Gasteiger partial charge in [-0.15, -0.1) is 0 Å². The minimum Gasteiger partial charge on any atom is -0.394 e. The second-order valence-corrected chi connectivity index (χ2v) is 3.05. The molecule has 0 saturated carbocycles. The van der Waals surface area contributed by atoms with E-state index in [1.165, 1.54) is 0 Å². The second kappa shape index (κ2) is 4.84. The van der Waals surface area contributed by atoms with Gasteiger partial charge >= 0.3 is 0 Å². The fraction of sp³-hybridized carbons (Fsp3) is 0.400. The van der Waals surface area contributed by atoms with Crippen LogP contribution in [-0.4, -0.2) is 36.5 Å². The molecule has 0 aliphatic rings. The van der Waals surface area contributed by atoms with E-state index < -0.39 is 6.10 Å². The Morgan fingerprint density at radius 2 is 1.92 bits per heavy atom. The van der Waals surface area contributed by atoms with Gasteiger partial charge in [0.1, 0.15) is 0 Å². The first-order valence-electron chi connectivity index (χ1n) is 4.29. The van der Waals surface area contributed by atoms with Gasteiger partial charge in [0, 0.05) is 19.3 Å². The molecule has 0 amide bonds. The molecule has 1 rings (SSSR count). The average molecular weight is 181 g/mol. The third-order valence-electron chi connectivity index (χ3n) is 1.89. The number of rotatable bonds is 4. The van der Waals surface area contributed by atoms with E-state index in [0.29, 0.717) is 6.54 Å². The molecule has 1 atom stereocenters. The van der Waals surface area contributed by atoms with Gasteiger partial charge < -0.3 is 15.1 Å². The molecule has 72 valence electrons. The van der Waals surface area contributed by atoms with Gasteiger partial charge in [-0.1, -0.05) is 18.2 Å². The van der Waals surface area contributed by atoms with Crippen LogP contribution in [0, 0.1) is 0 Å². The monoisotopic (exact) mass is 181 g/mol. The van der Waals surface area contributed by atoms with E-state index in [1.807, 2.05) is 42.3 Å². The Hall–Kier alpha value is -1.06. The molecule has 3 nitrogen and oxygen atoms in total. The van der Waals surface area contributed by atoms with E-state index >= 15 is 0 Å². The molecule has 0 heterocycles. The average Bonchev–Trinajstić information content (AvgIpc) is 2.19. The number of anilines is 1. The summed E-state index contributed by atoms with van der Waals surface area (Å²) >= 11 is 0. The summed E-state index contributed by atoms with van der Waals surface area (Å²) in [5.74, 6) is 0. The minimum absolute atomic E-state index is 0.197. The third-order valence-corrected chi connectivity index (χ3v) is 1.89. The molecule has 0 bridgehead atoms. The molecule has 3 heteroatoms. The van der Waals surface area contributed by atoms with Crippen molar-refractivity contribution >= 4 is 5.69 Å². The first kappa shape index (κ1) is 10.0. The van der Waals surface area contributed by atoms with E-state index in [4.69, 9.17) is 5.11 Å². The van der Waals surface area contributed by atoms with Crippen molar-refractivity contribution in [1.29, 1.82) is 0 Å². The zero-order chi connectivity index (χ0) is 9.68. The zero-order valence-electron chi connectivity index (χ0n) is 7.72. The van der Waals surface area contributed by atoms with Crippen molar-refractivity contribution in [3.8, 4) is 0 Å². The van der Waals surface area contributed by atoms with Crippen molar-refractivity contribution in [2.45, 2.75) is 6.10 Å². The maximum atomic E-state index is 9.20. The first-order valence-corrected chi connectivity index (χ1v) is 4.29. The number of aliphatic hydroxyl groups is 2. The number of aliphatic hydroxyl groups excluding tert-OH is 2.